The number of hydrogen-bond acceptors (Lipinski definition) is 4. The molecule has 0 aliphatic carbocycles. The Morgan fingerprint density at radius 3 is 2.90 bits per heavy atom. The van der Waals surface area contributed by atoms with E-state index < -0.39 is 0 Å². The van der Waals surface area contributed by atoms with Crippen LogP contribution in [-0.4, -0.2) is 44.0 Å². The Hall–Kier alpha value is -1.72. The molecule has 21 heavy (non-hydrogen) atoms. The van der Waals surface area contributed by atoms with Gasteiger partial charge in [-0.15, -0.1) is 5.10 Å². The first-order chi connectivity index (χ1) is 10.2. The molecule has 1 saturated heterocycles. The van der Waals surface area contributed by atoms with E-state index in [-0.39, 0.29) is 6.10 Å². The van der Waals surface area contributed by atoms with Gasteiger partial charge in [-0.05, 0) is 44.4 Å². The van der Waals surface area contributed by atoms with Crippen molar-refractivity contribution < 1.29 is 5.11 Å². The first-order valence-electron chi connectivity index (χ1n) is 7.59. The highest BCUT2D eigenvalue weighted by molar-refractivity contribution is 5.29. The molecule has 0 spiro atoms. The van der Waals surface area contributed by atoms with Crippen LogP contribution in [0, 0.1) is 5.92 Å². The summed E-state index contributed by atoms with van der Waals surface area (Å²) in [6, 6.07) is 10.0. The maximum atomic E-state index is 9.75. The lowest BCUT2D eigenvalue weighted by molar-refractivity contribution is 0.0589. The van der Waals surface area contributed by atoms with Crippen LogP contribution < -0.4 is 0 Å². The van der Waals surface area contributed by atoms with E-state index in [9.17, 15) is 5.11 Å². The predicted octanol–water partition coefficient (Wildman–Crippen LogP) is 1.86. The molecule has 0 amide bonds. The zero-order chi connectivity index (χ0) is 14.7. The monoisotopic (exact) mass is 286 g/mol. The van der Waals surface area contributed by atoms with Gasteiger partial charge in [0.2, 0.25) is 0 Å². The minimum absolute atomic E-state index is 0.234. The van der Waals surface area contributed by atoms with Crippen molar-refractivity contribution in [3.63, 3.8) is 0 Å². The average Bonchev–Trinajstić information content (AvgIpc) is 2.97. The molecule has 0 radical (unpaired) electrons. The fourth-order valence-corrected chi connectivity index (χ4v) is 2.90. The van der Waals surface area contributed by atoms with Gasteiger partial charge >= 0.3 is 0 Å². The van der Waals surface area contributed by atoms with Crippen LogP contribution in [0.15, 0.2) is 36.7 Å². The molecule has 1 aliphatic rings. The van der Waals surface area contributed by atoms with Crippen molar-refractivity contribution in [2.24, 2.45) is 5.92 Å². The van der Waals surface area contributed by atoms with Gasteiger partial charge in [-0.1, -0.05) is 18.2 Å². The molecule has 1 aliphatic heterocycles. The molecule has 1 fully saturated rings. The molecule has 0 bridgehead atoms. The van der Waals surface area contributed by atoms with Crippen molar-refractivity contribution in [2.75, 3.05) is 13.1 Å². The lowest BCUT2D eigenvalue weighted by Gasteiger charge is -2.33. The third kappa shape index (κ3) is 3.49. The molecule has 2 heterocycles. The lowest BCUT2D eigenvalue weighted by Crippen LogP contribution is -2.39. The Balaban J connectivity index is 1.65. The van der Waals surface area contributed by atoms with Crippen LogP contribution in [0.2, 0.25) is 0 Å². The summed E-state index contributed by atoms with van der Waals surface area (Å²) >= 11 is 0. The van der Waals surface area contributed by atoms with Gasteiger partial charge in [0, 0.05) is 6.54 Å². The average molecular weight is 286 g/mol. The summed E-state index contributed by atoms with van der Waals surface area (Å²) < 4.78 is 1.81. The highest BCUT2D eigenvalue weighted by Crippen LogP contribution is 2.20. The minimum atomic E-state index is -0.234. The Kier molecular flexibility index (Phi) is 4.31. The second-order valence-electron chi connectivity index (χ2n) is 5.82. The Bertz CT molecular complexity index is 567. The number of aliphatic hydroxyl groups is 1. The summed E-state index contributed by atoms with van der Waals surface area (Å²) in [6.07, 6.45) is 3.78. The van der Waals surface area contributed by atoms with Gasteiger partial charge < -0.3 is 5.11 Å². The summed E-state index contributed by atoms with van der Waals surface area (Å²) in [4.78, 5) is 6.74. The number of benzene rings is 1. The highest BCUT2D eigenvalue weighted by Gasteiger charge is 2.24. The number of piperidine rings is 1. The Labute approximate surface area is 125 Å². The van der Waals surface area contributed by atoms with Crippen LogP contribution in [0.25, 0.3) is 5.69 Å². The molecule has 1 N–H and O–H groups in total. The molecule has 112 valence electrons. The normalized spacial score (nSPS) is 21.3. The summed E-state index contributed by atoms with van der Waals surface area (Å²) in [5.41, 5.74) is 1.02. The molecule has 1 aromatic heterocycles. The Morgan fingerprint density at radius 2 is 2.14 bits per heavy atom. The number of nitrogens with zero attached hydrogens (tertiary/aromatic N) is 4. The molecule has 2 aromatic rings. The van der Waals surface area contributed by atoms with E-state index in [1.165, 1.54) is 0 Å². The Morgan fingerprint density at radius 1 is 1.33 bits per heavy atom. The van der Waals surface area contributed by atoms with Crippen molar-refractivity contribution >= 4 is 0 Å². The maximum Gasteiger partial charge on any atom is 0.164 e. The number of likely N-dealkylation sites (tertiary alicyclic amines) is 1. The number of aliphatic hydroxyl groups excluding tert-OH is 1. The van der Waals surface area contributed by atoms with Crippen molar-refractivity contribution in [3.8, 4) is 5.69 Å². The van der Waals surface area contributed by atoms with E-state index in [1.807, 2.05) is 41.9 Å². The summed E-state index contributed by atoms with van der Waals surface area (Å²) in [6.45, 7) is 4.63. The van der Waals surface area contributed by atoms with Gasteiger partial charge in [0.15, 0.2) is 5.82 Å². The van der Waals surface area contributed by atoms with Crippen molar-refractivity contribution in [1.82, 2.24) is 19.7 Å². The van der Waals surface area contributed by atoms with Gasteiger partial charge in [0.05, 0.1) is 18.3 Å². The lowest BCUT2D eigenvalue weighted by atomic mass is 9.93. The molecule has 2 atom stereocenters. The summed E-state index contributed by atoms with van der Waals surface area (Å²) in [7, 11) is 0. The first-order valence-corrected chi connectivity index (χ1v) is 7.59. The third-order valence-corrected chi connectivity index (χ3v) is 4.15. The summed E-state index contributed by atoms with van der Waals surface area (Å²) in [5.74, 6) is 1.21. The molecule has 2 unspecified atom stereocenters. The van der Waals surface area contributed by atoms with Gasteiger partial charge in [-0.25, -0.2) is 9.67 Å². The van der Waals surface area contributed by atoms with E-state index in [0.717, 1.165) is 44.0 Å². The van der Waals surface area contributed by atoms with Crippen LogP contribution >= 0.6 is 0 Å². The maximum absolute atomic E-state index is 9.75. The predicted molar refractivity (Wildman–Crippen MR) is 81.0 cm³/mol. The number of rotatable bonds is 4. The minimum Gasteiger partial charge on any atom is -0.393 e. The van der Waals surface area contributed by atoms with Crippen molar-refractivity contribution in [3.05, 3.63) is 42.5 Å². The second kappa shape index (κ2) is 6.37. The van der Waals surface area contributed by atoms with Crippen molar-refractivity contribution in [1.29, 1.82) is 0 Å². The van der Waals surface area contributed by atoms with E-state index in [0.29, 0.717) is 5.92 Å². The smallest absolute Gasteiger partial charge is 0.164 e. The van der Waals surface area contributed by atoms with Crippen LogP contribution in [0.5, 0.6) is 0 Å². The number of para-hydroxylation sites is 1. The molecule has 0 saturated carbocycles. The molecule has 3 rings (SSSR count). The molecule has 1 aromatic carbocycles. The fraction of sp³-hybridized carbons (Fsp3) is 0.500. The van der Waals surface area contributed by atoms with Crippen LogP contribution in [0.4, 0.5) is 0 Å². The van der Waals surface area contributed by atoms with E-state index >= 15 is 0 Å². The van der Waals surface area contributed by atoms with Crippen LogP contribution in [-0.2, 0) is 6.54 Å². The zero-order valence-corrected chi connectivity index (χ0v) is 12.4. The largest absolute Gasteiger partial charge is 0.393 e. The van der Waals surface area contributed by atoms with E-state index in [2.05, 4.69) is 15.0 Å². The topological polar surface area (TPSA) is 54.2 Å². The molecule has 5 nitrogen and oxygen atoms in total. The van der Waals surface area contributed by atoms with Gasteiger partial charge in [-0.3, -0.25) is 4.90 Å². The standard InChI is InChI=1S/C16H22N4O/c1-13(21)14-6-5-9-19(10-14)11-16-17-12-20(18-16)15-7-3-2-4-8-15/h2-4,7-8,12-14,21H,5-6,9-11H2,1H3. The quantitative estimate of drug-likeness (QED) is 0.932. The van der Waals surface area contributed by atoms with Crippen molar-refractivity contribution in [2.45, 2.75) is 32.4 Å². The van der Waals surface area contributed by atoms with Gasteiger partial charge in [-0.2, -0.15) is 0 Å². The number of aromatic nitrogens is 3. The van der Waals surface area contributed by atoms with Gasteiger partial charge in [0.25, 0.3) is 0 Å². The molecular weight excluding hydrogens is 264 g/mol. The number of hydrogen-bond donors (Lipinski definition) is 1. The van der Waals surface area contributed by atoms with Crippen LogP contribution in [0.3, 0.4) is 0 Å². The first kappa shape index (κ1) is 14.2. The SMILES string of the molecule is CC(O)C1CCCN(Cc2ncn(-c3ccccc3)n2)C1. The van der Waals surface area contributed by atoms with Gasteiger partial charge in [0.1, 0.15) is 6.33 Å². The third-order valence-electron chi connectivity index (χ3n) is 4.15. The fourth-order valence-electron chi connectivity index (χ4n) is 2.90. The van der Waals surface area contributed by atoms with E-state index in [4.69, 9.17) is 0 Å². The molecular formula is C16H22N4O. The zero-order valence-electron chi connectivity index (χ0n) is 12.4. The molecule has 5 heteroatoms. The summed E-state index contributed by atoms with van der Waals surface area (Å²) in [5, 5.41) is 14.3. The highest BCUT2D eigenvalue weighted by atomic mass is 16.3. The van der Waals surface area contributed by atoms with E-state index in [1.54, 1.807) is 6.33 Å². The van der Waals surface area contributed by atoms with Crippen LogP contribution in [0.1, 0.15) is 25.6 Å². The second-order valence-corrected chi connectivity index (χ2v) is 5.82.